The maximum atomic E-state index is 12.5. The fourth-order valence-electron chi connectivity index (χ4n) is 2.80. The van der Waals surface area contributed by atoms with Crippen molar-refractivity contribution in [1.29, 1.82) is 0 Å². The van der Waals surface area contributed by atoms with Gasteiger partial charge >= 0.3 is 0 Å². The Morgan fingerprint density at radius 2 is 2.14 bits per heavy atom. The van der Waals surface area contributed by atoms with Crippen molar-refractivity contribution in [3.05, 3.63) is 29.3 Å². The summed E-state index contributed by atoms with van der Waals surface area (Å²) in [5.41, 5.74) is 1.44. The summed E-state index contributed by atoms with van der Waals surface area (Å²) in [5, 5.41) is 3.02. The molecule has 116 valence electrons. The number of imide groups is 1. The molecule has 0 saturated carbocycles. The Balaban J connectivity index is 1.78. The minimum atomic E-state index is -0.579. The van der Waals surface area contributed by atoms with E-state index < -0.39 is 11.9 Å². The zero-order valence-electron chi connectivity index (χ0n) is 11.8. The highest BCUT2D eigenvalue weighted by Gasteiger charge is 2.39. The number of hydrogen-bond donors (Lipinski definition) is 1. The van der Waals surface area contributed by atoms with E-state index >= 15 is 0 Å². The van der Waals surface area contributed by atoms with Crippen LogP contribution in [0.5, 0.6) is 5.75 Å². The van der Waals surface area contributed by atoms with Gasteiger partial charge in [0.1, 0.15) is 11.8 Å². The SMILES string of the molecule is O=C1CCC(N2Cc3cc(OCCBr)ccc3C2=O)C(=O)N1. The minimum absolute atomic E-state index is 0.170. The number of fused-ring (bicyclic) bond motifs is 1. The molecule has 0 bridgehead atoms. The van der Waals surface area contributed by atoms with Gasteiger partial charge in [-0.05, 0) is 30.2 Å². The molecular weight excluding hydrogens is 352 g/mol. The number of carbonyl (C=O) groups is 3. The molecule has 0 radical (unpaired) electrons. The molecule has 1 N–H and O–H groups in total. The number of benzene rings is 1. The molecule has 7 heteroatoms. The summed E-state index contributed by atoms with van der Waals surface area (Å²) in [4.78, 5) is 37.2. The standard InChI is InChI=1S/C15H15BrN2O4/c16-5-6-22-10-1-2-11-9(7-10)8-18(15(11)21)12-3-4-13(19)17-14(12)20/h1-2,7,12H,3-6,8H2,(H,17,19,20). The average molecular weight is 367 g/mol. The summed E-state index contributed by atoms with van der Waals surface area (Å²) in [6, 6.07) is 4.74. The molecule has 0 aliphatic carbocycles. The van der Waals surface area contributed by atoms with Crippen molar-refractivity contribution in [2.24, 2.45) is 0 Å². The Bertz CT molecular complexity index is 646. The van der Waals surface area contributed by atoms with Crippen molar-refractivity contribution < 1.29 is 19.1 Å². The van der Waals surface area contributed by atoms with Crippen molar-refractivity contribution in [3.63, 3.8) is 0 Å². The van der Waals surface area contributed by atoms with Gasteiger partial charge in [0.15, 0.2) is 0 Å². The lowest BCUT2D eigenvalue weighted by Gasteiger charge is -2.29. The van der Waals surface area contributed by atoms with E-state index in [9.17, 15) is 14.4 Å². The Labute approximate surface area is 135 Å². The van der Waals surface area contributed by atoms with Gasteiger partial charge in [-0.2, -0.15) is 0 Å². The van der Waals surface area contributed by atoms with Crippen LogP contribution in [0.4, 0.5) is 0 Å². The second-order valence-corrected chi connectivity index (χ2v) is 6.05. The van der Waals surface area contributed by atoms with Crippen LogP contribution in [0.1, 0.15) is 28.8 Å². The van der Waals surface area contributed by atoms with E-state index in [0.29, 0.717) is 30.9 Å². The molecule has 3 amide bonds. The maximum Gasteiger partial charge on any atom is 0.255 e. The summed E-state index contributed by atoms with van der Waals surface area (Å²) in [6.45, 7) is 0.912. The van der Waals surface area contributed by atoms with Crippen LogP contribution in [0.25, 0.3) is 0 Å². The molecular formula is C15H15BrN2O4. The molecule has 2 aliphatic heterocycles. The molecule has 2 heterocycles. The molecule has 22 heavy (non-hydrogen) atoms. The Kier molecular flexibility index (Phi) is 4.15. The van der Waals surface area contributed by atoms with Crippen LogP contribution in [0, 0.1) is 0 Å². The van der Waals surface area contributed by atoms with Crippen LogP contribution >= 0.6 is 15.9 Å². The minimum Gasteiger partial charge on any atom is -0.493 e. The van der Waals surface area contributed by atoms with Crippen LogP contribution in [0.3, 0.4) is 0 Å². The van der Waals surface area contributed by atoms with E-state index in [1.807, 2.05) is 6.07 Å². The second kappa shape index (κ2) is 6.08. The first-order chi connectivity index (χ1) is 10.6. The number of nitrogens with one attached hydrogen (secondary N) is 1. The summed E-state index contributed by atoms with van der Waals surface area (Å²) in [6.07, 6.45) is 0.632. The normalized spacial score (nSPS) is 20.9. The summed E-state index contributed by atoms with van der Waals surface area (Å²) in [5.74, 6) is -0.142. The maximum absolute atomic E-state index is 12.5. The van der Waals surface area contributed by atoms with Crippen molar-refractivity contribution in [2.45, 2.75) is 25.4 Å². The van der Waals surface area contributed by atoms with Gasteiger partial charge in [0.2, 0.25) is 11.8 Å². The molecule has 1 aromatic carbocycles. The molecule has 1 saturated heterocycles. The van der Waals surface area contributed by atoms with Crippen LogP contribution in [-0.4, -0.2) is 40.6 Å². The predicted molar refractivity (Wildman–Crippen MR) is 81.8 cm³/mol. The highest BCUT2D eigenvalue weighted by atomic mass is 79.9. The number of carbonyl (C=O) groups excluding carboxylic acids is 3. The number of piperidine rings is 1. The number of rotatable bonds is 4. The first-order valence-corrected chi connectivity index (χ1v) is 8.18. The largest absolute Gasteiger partial charge is 0.493 e. The van der Waals surface area contributed by atoms with Gasteiger partial charge in [-0.15, -0.1) is 0 Å². The Hall–Kier alpha value is -1.89. The summed E-state index contributed by atoms with van der Waals surface area (Å²) >= 11 is 3.29. The van der Waals surface area contributed by atoms with Crippen LogP contribution < -0.4 is 10.1 Å². The van der Waals surface area contributed by atoms with Gasteiger partial charge < -0.3 is 9.64 Å². The van der Waals surface area contributed by atoms with E-state index in [-0.39, 0.29) is 18.2 Å². The van der Waals surface area contributed by atoms with E-state index in [1.165, 1.54) is 4.90 Å². The lowest BCUT2D eigenvalue weighted by atomic mass is 10.0. The van der Waals surface area contributed by atoms with Gasteiger partial charge in [-0.3, -0.25) is 19.7 Å². The number of halogens is 1. The molecule has 1 atom stereocenters. The third kappa shape index (κ3) is 2.72. The monoisotopic (exact) mass is 366 g/mol. The number of hydrogen-bond acceptors (Lipinski definition) is 4. The number of ether oxygens (including phenoxy) is 1. The predicted octanol–water partition coefficient (Wildman–Crippen LogP) is 1.22. The van der Waals surface area contributed by atoms with Crippen molar-refractivity contribution in [1.82, 2.24) is 10.2 Å². The summed E-state index contributed by atoms with van der Waals surface area (Å²) in [7, 11) is 0. The molecule has 1 fully saturated rings. The van der Waals surface area contributed by atoms with Gasteiger partial charge in [0.05, 0.1) is 6.61 Å². The lowest BCUT2D eigenvalue weighted by Crippen LogP contribution is -2.52. The van der Waals surface area contributed by atoms with Crippen molar-refractivity contribution in [3.8, 4) is 5.75 Å². The van der Waals surface area contributed by atoms with E-state index in [0.717, 1.165) is 10.9 Å². The topological polar surface area (TPSA) is 75.7 Å². The third-order valence-electron chi connectivity index (χ3n) is 3.84. The first-order valence-electron chi connectivity index (χ1n) is 7.06. The van der Waals surface area contributed by atoms with Crippen molar-refractivity contribution in [2.75, 3.05) is 11.9 Å². The van der Waals surface area contributed by atoms with Crippen LogP contribution in [-0.2, 0) is 16.1 Å². The molecule has 3 rings (SSSR count). The van der Waals surface area contributed by atoms with E-state index in [4.69, 9.17) is 4.74 Å². The molecule has 6 nitrogen and oxygen atoms in total. The zero-order valence-corrected chi connectivity index (χ0v) is 13.4. The number of nitrogens with zero attached hydrogens (tertiary/aromatic N) is 1. The van der Waals surface area contributed by atoms with E-state index in [2.05, 4.69) is 21.2 Å². The second-order valence-electron chi connectivity index (χ2n) is 5.26. The molecule has 1 aromatic rings. The molecule has 0 spiro atoms. The fraction of sp³-hybridized carbons (Fsp3) is 0.400. The van der Waals surface area contributed by atoms with Crippen LogP contribution in [0.2, 0.25) is 0 Å². The quantitative estimate of drug-likeness (QED) is 0.642. The number of amides is 3. The lowest BCUT2D eigenvalue weighted by molar-refractivity contribution is -0.136. The van der Waals surface area contributed by atoms with Crippen LogP contribution in [0.15, 0.2) is 18.2 Å². The van der Waals surface area contributed by atoms with Gasteiger partial charge in [0, 0.05) is 23.9 Å². The smallest absolute Gasteiger partial charge is 0.255 e. The Morgan fingerprint density at radius 1 is 1.32 bits per heavy atom. The Morgan fingerprint density at radius 3 is 2.86 bits per heavy atom. The summed E-state index contributed by atoms with van der Waals surface area (Å²) < 4.78 is 5.53. The number of alkyl halides is 1. The first kappa shape index (κ1) is 15.0. The van der Waals surface area contributed by atoms with Gasteiger partial charge in [-0.1, -0.05) is 15.9 Å². The van der Waals surface area contributed by atoms with Crippen molar-refractivity contribution >= 4 is 33.7 Å². The zero-order chi connectivity index (χ0) is 15.7. The fourth-order valence-corrected chi connectivity index (χ4v) is 2.96. The molecule has 1 unspecified atom stereocenters. The highest BCUT2D eigenvalue weighted by Crippen LogP contribution is 2.30. The third-order valence-corrected chi connectivity index (χ3v) is 4.16. The average Bonchev–Trinajstić information content (AvgIpc) is 2.82. The van der Waals surface area contributed by atoms with E-state index in [1.54, 1.807) is 12.1 Å². The molecule has 0 aromatic heterocycles. The van der Waals surface area contributed by atoms with Gasteiger partial charge in [-0.25, -0.2) is 0 Å². The van der Waals surface area contributed by atoms with Gasteiger partial charge in [0.25, 0.3) is 5.91 Å². The molecule has 2 aliphatic rings. The highest BCUT2D eigenvalue weighted by molar-refractivity contribution is 9.09.